The summed E-state index contributed by atoms with van der Waals surface area (Å²) in [4.78, 5) is 10.5. The second-order valence-corrected chi connectivity index (χ2v) is 16.2. The van der Waals surface area contributed by atoms with Gasteiger partial charge in [0, 0.05) is 22.6 Å². The maximum absolute atomic E-state index is 5.23. The number of fused-ring (bicyclic) bond motifs is 3. The largest absolute Gasteiger partial charge is 0.228 e. The Bertz CT molecular complexity index is 3210. The minimum Gasteiger partial charge on any atom is -0.228 e. The van der Waals surface area contributed by atoms with E-state index in [1.54, 1.807) is 0 Å². The number of nitrogens with zero attached hydrogens (tertiary/aromatic N) is 2. The molecule has 9 aromatic carbocycles. The van der Waals surface area contributed by atoms with Gasteiger partial charge in [0.2, 0.25) is 0 Å². The summed E-state index contributed by atoms with van der Waals surface area (Å²) >= 11 is 0. The smallest absolute Gasteiger partial charge is 0.160 e. The lowest BCUT2D eigenvalue weighted by Gasteiger charge is -2.28. The van der Waals surface area contributed by atoms with Crippen molar-refractivity contribution >= 4 is 21.9 Å². The quantitative estimate of drug-likeness (QED) is 0.153. The molecule has 0 saturated heterocycles. The number of allylic oxidation sites excluding steroid dienone is 2. The molecule has 0 spiro atoms. The van der Waals surface area contributed by atoms with Gasteiger partial charge in [0.15, 0.2) is 5.82 Å². The van der Waals surface area contributed by atoms with E-state index >= 15 is 0 Å². The molecule has 10 aromatic rings. The maximum atomic E-state index is 5.23. The van der Waals surface area contributed by atoms with Crippen molar-refractivity contribution < 1.29 is 0 Å². The molecule has 2 nitrogen and oxygen atoms in total. The van der Waals surface area contributed by atoms with Crippen LogP contribution < -0.4 is 0 Å². The van der Waals surface area contributed by atoms with E-state index in [2.05, 4.69) is 243 Å². The highest BCUT2D eigenvalue weighted by atomic mass is 14.9. The lowest BCUT2D eigenvalue weighted by atomic mass is 9.75. The highest BCUT2D eigenvalue weighted by Gasteiger charge is 2.27. The third-order valence-electron chi connectivity index (χ3n) is 12.3. The zero-order valence-corrected chi connectivity index (χ0v) is 34.7. The van der Waals surface area contributed by atoms with Crippen molar-refractivity contribution in [2.24, 2.45) is 0 Å². The van der Waals surface area contributed by atoms with Gasteiger partial charge < -0.3 is 0 Å². The van der Waals surface area contributed by atoms with Crippen LogP contribution >= 0.6 is 0 Å². The maximum Gasteiger partial charge on any atom is 0.160 e. The second-order valence-electron chi connectivity index (χ2n) is 16.2. The Morgan fingerprint density at radius 2 is 0.810 bits per heavy atom. The van der Waals surface area contributed by atoms with Gasteiger partial charge >= 0.3 is 0 Å². The summed E-state index contributed by atoms with van der Waals surface area (Å²) in [6.07, 6.45) is 2.41. The van der Waals surface area contributed by atoms with Crippen LogP contribution in [0.25, 0.3) is 89.2 Å². The van der Waals surface area contributed by atoms with Gasteiger partial charge in [-0.2, -0.15) is 0 Å². The summed E-state index contributed by atoms with van der Waals surface area (Å²) in [5, 5.41) is 2.48. The Labute approximate surface area is 368 Å². The second kappa shape index (κ2) is 16.3. The number of hydrogen-bond donors (Lipinski definition) is 0. The van der Waals surface area contributed by atoms with E-state index in [1.165, 1.54) is 49.7 Å². The Kier molecular flexibility index (Phi) is 9.80. The monoisotopic (exact) mass is 802 g/mol. The van der Waals surface area contributed by atoms with Gasteiger partial charge in [0.1, 0.15) is 0 Å². The zero-order chi connectivity index (χ0) is 42.1. The lowest BCUT2D eigenvalue weighted by molar-refractivity contribution is 1.09. The minimum absolute atomic E-state index is 0.0870. The SMILES string of the molecule is C=C1c2ccc3ccccc3c2C(c2ccc(-c3ccc(-c4nc(-c5cccc(-c6ccccc6)c5)cc(-c5cccc(-c6ccccc6)c5)n4)cc3)cc2)=CC1c1ccccc1. The van der Waals surface area contributed by atoms with Crippen LogP contribution in [0.3, 0.4) is 0 Å². The lowest BCUT2D eigenvalue weighted by Crippen LogP contribution is -2.09. The molecular weight excluding hydrogens is 761 g/mol. The summed E-state index contributed by atoms with van der Waals surface area (Å²) < 4.78 is 0. The first-order valence-electron chi connectivity index (χ1n) is 21.5. The van der Waals surface area contributed by atoms with E-state index in [4.69, 9.17) is 9.97 Å². The fourth-order valence-electron chi connectivity index (χ4n) is 9.05. The fourth-order valence-corrected chi connectivity index (χ4v) is 9.05. The van der Waals surface area contributed by atoms with Gasteiger partial charge in [-0.1, -0.05) is 225 Å². The van der Waals surface area contributed by atoms with Gasteiger partial charge in [-0.25, -0.2) is 9.97 Å². The number of benzene rings is 9. The molecule has 0 bridgehead atoms. The standard InChI is InChI=1S/C61H42N2/c1-41-54-36-35-47-21-11-12-26-55(47)60(54)57(39-56(41)46-19-9-4-10-20-46)48-31-27-44(28-32-48)45-29-33-49(34-30-45)61-62-58(52-24-13-22-50(37-52)42-15-5-2-6-16-42)40-59(63-61)53-25-14-23-51(38-53)43-17-7-3-8-18-43/h2-40,56H,1H2. The molecule has 1 atom stereocenters. The molecule has 0 fully saturated rings. The van der Waals surface area contributed by atoms with Crippen LogP contribution in [0.15, 0.2) is 243 Å². The summed E-state index contributed by atoms with van der Waals surface area (Å²) in [5.41, 5.74) is 19.0. The molecule has 1 aliphatic carbocycles. The molecule has 11 rings (SSSR count). The molecule has 1 aromatic heterocycles. The number of aromatic nitrogens is 2. The van der Waals surface area contributed by atoms with Crippen molar-refractivity contribution in [2.45, 2.75) is 5.92 Å². The van der Waals surface area contributed by atoms with E-state index in [9.17, 15) is 0 Å². The molecule has 1 unspecified atom stereocenters. The molecule has 2 heteroatoms. The zero-order valence-electron chi connectivity index (χ0n) is 34.7. The predicted molar refractivity (Wildman–Crippen MR) is 264 cm³/mol. The predicted octanol–water partition coefficient (Wildman–Crippen LogP) is 15.9. The van der Waals surface area contributed by atoms with Crippen molar-refractivity contribution in [3.8, 4) is 67.3 Å². The molecule has 0 saturated carbocycles. The summed E-state index contributed by atoms with van der Waals surface area (Å²) in [7, 11) is 0. The van der Waals surface area contributed by atoms with Crippen molar-refractivity contribution in [3.05, 3.63) is 265 Å². The molecule has 63 heavy (non-hydrogen) atoms. The van der Waals surface area contributed by atoms with Gasteiger partial charge in [0.25, 0.3) is 0 Å². The third-order valence-corrected chi connectivity index (χ3v) is 12.3. The Balaban J connectivity index is 0.955. The first kappa shape index (κ1) is 37.8. The topological polar surface area (TPSA) is 25.8 Å². The highest BCUT2D eigenvalue weighted by molar-refractivity contribution is 6.05. The molecule has 0 N–H and O–H groups in total. The average molecular weight is 803 g/mol. The van der Waals surface area contributed by atoms with E-state index in [0.717, 1.165) is 55.9 Å². The van der Waals surface area contributed by atoms with Crippen molar-refractivity contribution in [3.63, 3.8) is 0 Å². The minimum atomic E-state index is 0.0870. The van der Waals surface area contributed by atoms with Crippen LogP contribution in [0, 0.1) is 0 Å². The molecule has 296 valence electrons. The normalized spacial score (nSPS) is 13.4. The summed E-state index contributed by atoms with van der Waals surface area (Å²) in [6.45, 7) is 4.65. The first-order valence-corrected chi connectivity index (χ1v) is 21.5. The van der Waals surface area contributed by atoms with E-state index in [-0.39, 0.29) is 5.92 Å². The molecule has 1 aliphatic rings. The number of rotatable bonds is 8. The summed E-state index contributed by atoms with van der Waals surface area (Å²) in [6, 6.07) is 81.9. The average Bonchev–Trinajstić information content (AvgIpc) is 3.37. The molecule has 1 heterocycles. The van der Waals surface area contributed by atoms with Gasteiger partial charge in [-0.3, -0.25) is 0 Å². The highest BCUT2D eigenvalue weighted by Crippen LogP contribution is 2.47. The Morgan fingerprint density at radius 1 is 0.349 bits per heavy atom. The van der Waals surface area contributed by atoms with Crippen LogP contribution in [-0.4, -0.2) is 9.97 Å². The molecule has 0 radical (unpaired) electrons. The molecular formula is C61H42N2. The van der Waals surface area contributed by atoms with Crippen molar-refractivity contribution in [1.82, 2.24) is 9.97 Å². The summed E-state index contributed by atoms with van der Waals surface area (Å²) in [5.74, 6) is 0.772. The van der Waals surface area contributed by atoms with Crippen LogP contribution in [0.5, 0.6) is 0 Å². The van der Waals surface area contributed by atoms with E-state index in [0.29, 0.717) is 5.82 Å². The van der Waals surface area contributed by atoms with E-state index in [1.807, 2.05) is 0 Å². The fraction of sp³-hybridized carbons (Fsp3) is 0.0164. The van der Waals surface area contributed by atoms with Crippen LogP contribution in [0.1, 0.15) is 28.2 Å². The third kappa shape index (κ3) is 7.39. The van der Waals surface area contributed by atoms with Crippen molar-refractivity contribution in [2.75, 3.05) is 0 Å². The van der Waals surface area contributed by atoms with Crippen LogP contribution in [0.4, 0.5) is 0 Å². The number of hydrogen-bond acceptors (Lipinski definition) is 2. The van der Waals surface area contributed by atoms with Gasteiger partial charge in [0.05, 0.1) is 11.4 Å². The molecule has 0 aliphatic heterocycles. The first-order chi connectivity index (χ1) is 31.1. The Hall–Kier alpha value is -8.20. The molecule has 0 amide bonds. The van der Waals surface area contributed by atoms with Crippen LogP contribution in [0.2, 0.25) is 0 Å². The van der Waals surface area contributed by atoms with Gasteiger partial charge in [-0.15, -0.1) is 0 Å². The van der Waals surface area contributed by atoms with E-state index < -0.39 is 0 Å². The Morgan fingerprint density at radius 3 is 1.40 bits per heavy atom. The van der Waals surface area contributed by atoms with Crippen LogP contribution in [-0.2, 0) is 0 Å². The van der Waals surface area contributed by atoms with Crippen molar-refractivity contribution in [1.29, 1.82) is 0 Å². The van der Waals surface area contributed by atoms with Gasteiger partial charge in [-0.05, 0) is 95.8 Å².